The monoisotopic (exact) mass is 341 g/mol. The maximum atomic E-state index is 11.9. The summed E-state index contributed by atoms with van der Waals surface area (Å²) in [6.07, 6.45) is 4.07. The van der Waals surface area contributed by atoms with E-state index in [0.29, 0.717) is 24.3 Å². The van der Waals surface area contributed by atoms with E-state index in [1.54, 1.807) is 29.8 Å². The Morgan fingerprint density at radius 3 is 2.96 bits per heavy atom. The molecule has 2 aromatic rings. The molecule has 0 unspecified atom stereocenters. The van der Waals surface area contributed by atoms with E-state index in [9.17, 15) is 14.7 Å². The predicted octanol–water partition coefficient (Wildman–Crippen LogP) is 2.55. The topological polar surface area (TPSA) is 94.3 Å². The van der Waals surface area contributed by atoms with E-state index in [2.05, 4.69) is 10.3 Å². The molecular formula is C18H19N3O4. The summed E-state index contributed by atoms with van der Waals surface area (Å²) in [4.78, 5) is 23.3. The number of carboxylic acid groups (broad SMARTS) is 1. The van der Waals surface area contributed by atoms with Crippen molar-refractivity contribution >= 4 is 11.9 Å². The zero-order valence-corrected chi connectivity index (χ0v) is 13.9. The standard InChI is InChI=1S/C18H19N3O4/c1-2-25-16(22)12-5-3-4-11(8-12)14-10-21(20-19-14)15-6-7-18(17(23)24)9-13(15)18/h3-5,8,10,13,15H,2,6-7,9H2,1H3,(H,23,24)/t13-,15+,18+/m0/s1. The number of hydrogen-bond donors (Lipinski definition) is 1. The molecule has 0 radical (unpaired) electrons. The minimum absolute atomic E-state index is 0.0885. The van der Waals surface area contributed by atoms with Gasteiger partial charge in [-0.1, -0.05) is 17.3 Å². The summed E-state index contributed by atoms with van der Waals surface area (Å²) < 4.78 is 6.81. The lowest BCUT2D eigenvalue weighted by Gasteiger charge is -2.10. The van der Waals surface area contributed by atoms with Crippen LogP contribution in [0.1, 0.15) is 42.6 Å². The molecule has 130 valence electrons. The Labute approximate surface area is 144 Å². The lowest BCUT2D eigenvalue weighted by Crippen LogP contribution is -2.14. The highest BCUT2D eigenvalue weighted by atomic mass is 16.5. The van der Waals surface area contributed by atoms with Gasteiger partial charge in [0, 0.05) is 5.56 Å². The third-order valence-corrected chi connectivity index (χ3v) is 5.43. The van der Waals surface area contributed by atoms with E-state index in [4.69, 9.17) is 4.74 Å². The molecule has 3 atom stereocenters. The summed E-state index contributed by atoms with van der Waals surface area (Å²) in [6, 6.07) is 7.18. The van der Waals surface area contributed by atoms with Gasteiger partial charge in [0.25, 0.3) is 0 Å². The molecule has 0 saturated heterocycles. The van der Waals surface area contributed by atoms with Crippen molar-refractivity contribution < 1.29 is 19.4 Å². The highest BCUT2D eigenvalue weighted by Crippen LogP contribution is 2.67. The molecule has 25 heavy (non-hydrogen) atoms. The molecule has 0 amide bonds. The molecule has 7 heteroatoms. The lowest BCUT2D eigenvalue weighted by molar-refractivity contribution is -0.143. The molecule has 1 heterocycles. The van der Waals surface area contributed by atoms with Gasteiger partial charge in [-0.15, -0.1) is 5.10 Å². The number of fused-ring (bicyclic) bond motifs is 1. The maximum absolute atomic E-state index is 11.9. The van der Waals surface area contributed by atoms with E-state index in [1.807, 2.05) is 12.3 Å². The molecule has 2 saturated carbocycles. The van der Waals surface area contributed by atoms with Crippen molar-refractivity contribution in [2.75, 3.05) is 6.61 Å². The molecular weight excluding hydrogens is 322 g/mol. The minimum atomic E-state index is -0.692. The number of carbonyl (C=O) groups excluding carboxylic acids is 1. The summed E-state index contributed by atoms with van der Waals surface area (Å²) in [5.41, 5.74) is 1.39. The van der Waals surface area contributed by atoms with Crippen molar-refractivity contribution in [3.05, 3.63) is 36.0 Å². The number of carboxylic acids is 1. The summed E-state index contributed by atoms with van der Waals surface area (Å²) in [5.74, 6) is -0.912. The van der Waals surface area contributed by atoms with Crippen LogP contribution >= 0.6 is 0 Å². The van der Waals surface area contributed by atoms with Crippen LogP contribution in [0.5, 0.6) is 0 Å². The third-order valence-electron chi connectivity index (χ3n) is 5.43. The molecule has 1 aromatic heterocycles. The fraction of sp³-hybridized carbons (Fsp3) is 0.444. The van der Waals surface area contributed by atoms with Crippen LogP contribution in [0.15, 0.2) is 30.5 Å². The van der Waals surface area contributed by atoms with Gasteiger partial charge in [0.2, 0.25) is 0 Å². The van der Waals surface area contributed by atoms with Gasteiger partial charge in [-0.25, -0.2) is 9.48 Å². The zero-order valence-electron chi connectivity index (χ0n) is 13.9. The van der Waals surface area contributed by atoms with Gasteiger partial charge < -0.3 is 9.84 Å². The van der Waals surface area contributed by atoms with Gasteiger partial charge in [0.05, 0.1) is 29.8 Å². The minimum Gasteiger partial charge on any atom is -0.481 e. The largest absolute Gasteiger partial charge is 0.481 e. The van der Waals surface area contributed by atoms with Crippen molar-refractivity contribution in [1.29, 1.82) is 0 Å². The number of nitrogens with zero attached hydrogens (tertiary/aromatic N) is 3. The number of benzene rings is 1. The summed E-state index contributed by atoms with van der Waals surface area (Å²) in [6.45, 7) is 2.09. The number of aromatic nitrogens is 3. The zero-order chi connectivity index (χ0) is 17.6. The van der Waals surface area contributed by atoms with Gasteiger partial charge in [0.1, 0.15) is 5.69 Å². The van der Waals surface area contributed by atoms with Crippen LogP contribution in [-0.4, -0.2) is 38.6 Å². The Morgan fingerprint density at radius 1 is 1.44 bits per heavy atom. The van der Waals surface area contributed by atoms with E-state index in [-0.39, 0.29) is 17.9 Å². The number of hydrogen-bond acceptors (Lipinski definition) is 5. The number of rotatable bonds is 5. The maximum Gasteiger partial charge on any atom is 0.338 e. The molecule has 0 spiro atoms. The van der Waals surface area contributed by atoms with Crippen LogP contribution in [-0.2, 0) is 9.53 Å². The van der Waals surface area contributed by atoms with Gasteiger partial charge in [0.15, 0.2) is 0 Å². The summed E-state index contributed by atoms with van der Waals surface area (Å²) in [7, 11) is 0. The number of ether oxygens (including phenoxy) is 1. The molecule has 2 fully saturated rings. The van der Waals surface area contributed by atoms with Crippen molar-refractivity contribution in [1.82, 2.24) is 15.0 Å². The highest BCUT2D eigenvalue weighted by molar-refractivity contribution is 5.90. The Bertz CT molecular complexity index is 846. The van der Waals surface area contributed by atoms with Crippen molar-refractivity contribution in [2.24, 2.45) is 11.3 Å². The van der Waals surface area contributed by atoms with Crippen LogP contribution in [0, 0.1) is 11.3 Å². The van der Waals surface area contributed by atoms with Crippen LogP contribution in [0.3, 0.4) is 0 Å². The van der Waals surface area contributed by atoms with E-state index < -0.39 is 11.4 Å². The molecule has 0 aliphatic heterocycles. The van der Waals surface area contributed by atoms with Gasteiger partial charge >= 0.3 is 11.9 Å². The Hall–Kier alpha value is -2.70. The van der Waals surface area contributed by atoms with E-state index in [1.165, 1.54) is 0 Å². The molecule has 1 aromatic carbocycles. The average molecular weight is 341 g/mol. The van der Waals surface area contributed by atoms with E-state index in [0.717, 1.165) is 18.4 Å². The Kier molecular flexibility index (Phi) is 3.59. The summed E-state index contributed by atoms with van der Waals surface area (Å²) in [5, 5.41) is 17.8. The first kappa shape index (κ1) is 15.8. The van der Waals surface area contributed by atoms with Gasteiger partial charge in [-0.2, -0.15) is 0 Å². The fourth-order valence-corrected chi connectivity index (χ4v) is 3.99. The van der Waals surface area contributed by atoms with Crippen LogP contribution < -0.4 is 0 Å². The highest BCUT2D eigenvalue weighted by Gasteiger charge is 2.67. The van der Waals surface area contributed by atoms with Gasteiger partial charge in [-0.05, 0) is 44.2 Å². The quantitative estimate of drug-likeness (QED) is 0.840. The second-order valence-electron chi connectivity index (χ2n) is 6.76. The molecule has 4 rings (SSSR count). The second kappa shape index (κ2) is 5.68. The molecule has 2 aliphatic rings. The number of aliphatic carboxylic acids is 1. The first-order valence-corrected chi connectivity index (χ1v) is 8.48. The summed E-state index contributed by atoms with van der Waals surface area (Å²) >= 11 is 0. The molecule has 2 aliphatic carbocycles. The SMILES string of the molecule is CCOC(=O)c1cccc(-c2cn([C@@H]3CC[C@@]4(C(=O)O)C[C@@H]34)nn2)c1. The van der Waals surface area contributed by atoms with Crippen molar-refractivity contribution in [3.8, 4) is 11.3 Å². The number of esters is 1. The number of carbonyl (C=O) groups is 2. The second-order valence-corrected chi connectivity index (χ2v) is 6.76. The average Bonchev–Trinajstić information content (AvgIpc) is 2.98. The Morgan fingerprint density at radius 2 is 2.28 bits per heavy atom. The van der Waals surface area contributed by atoms with Crippen LogP contribution in [0.25, 0.3) is 11.3 Å². The predicted molar refractivity (Wildman–Crippen MR) is 87.9 cm³/mol. The van der Waals surface area contributed by atoms with Gasteiger partial charge in [-0.3, -0.25) is 4.79 Å². The van der Waals surface area contributed by atoms with Crippen LogP contribution in [0.4, 0.5) is 0 Å². The first-order valence-electron chi connectivity index (χ1n) is 8.48. The van der Waals surface area contributed by atoms with Crippen molar-refractivity contribution in [2.45, 2.75) is 32.2 Å². The van der Waals surface area contributed by atoms with Crippen molar-refractivity contribution in [3.63, 3.8) is 0 Å². The molecule has 0 bridgehead atoms. The molecule has 1 N–H and O–H groups in total. The smallest absolute Gasteiger partial charge is 0.338 e. The third kappa shape index (κ3) is 2.50. The molecule has 7 nitrogen and oxygen atoms in total. The fourth-order valence-electron chi connectivity index (χ4n) is 3.99. The van der Waals surface area contributed by atoms with Crippen LogP contribution in [0.2, 0.25) is 0 Å². The Balaban J connectivity index is 1.56. The first-order chi connectivity index (χ1) is 12.0. The lowest BCUT2D eigenvalue weighted by atomic mass is 10.1. The normalized spacial score (nSPS) is 26.9. The van der Waals surface area contributed by atoms with E-state index >= 15 is 0 Å².